The number of hydrogen-bond donors (Lipinski definition) is 0. The molecule has 0 N–H and O–H groups in total. The highest BCUT2D eigenvalue weighted by Gasteiger charge is 2.22. The third-order valence-corrected chi connectivity index (χ3v) is 10.2. The number of imidazole rings is 2. The molecule has 0 saturated carbocycles. The van der Waals surface area contributed by atoms with Crippen LogP contribution in [0.1, 0.15) is 5.56 Å². The molecule has 6 aromatic carbocycles. The van der Waals surface area contributed by atoms with Gasteiger partial charge in [-0.2, -0.15) is 3.97 Å². The van der Waals surface area contributed by atoms with E-state index in [0.717, 1.165) is 76.9 Å². The first-order valence-electron chi connectivity index (χ1n) is 14.7. The third kappa shape index (κ3) is 3.64. The molecule has 0 radical (unpaired) electrons. The van der Waals surface area contributed by atoms with Gasteiger partial charge in [0.1, 0.15) is 0 Å². The topological polar surface area (TPSA) is 44.2 Å². The lowest BCUT2D eigenvalue weighted by atomic mass is 10.0. The van der Waals surface area contributed by atoms with Gasteiger partial charge in [0.2, 0.25) is 16.8 Å². The molecule has 9 aromatic rings. The van der Waals surface area contributed by atoms with Crippen molar-refractivity contribution in [2.45, 2.75) is 11.8 Å². The predicted octanol–water partition coefficient (Wildman–Crippen LogP) is 9.03. The fraction of sp³-hybridized carbons (Fsp3) is 0.0263. The number of fused-ring (bicyclic) bond motifs is 8. The van der Waals surface area contributed by atoms with Crippen molar-refractivity contribution in [2.24, 2.45) is 0 Å². The highest BCUT2D eigenvalue weighted by Crippen LogP contribution is 2.36. The van der Waals surface area contributed by atoms with Crippen LogP contribution in [0.25, 0.3) is 66.5 Å². The molecule has 5 nitrogen and oxygen atoms in total. The Morgan fingerprint density at radius 2 is 1.23 bits per heavy atom. The maximum Gasteiger partial charge on any atom is 0.220 e. The largest absolute Gasteiger partial charge is 0.278 e. The number of rotatable bonds is 4. The van der Waals surface area contributed by atoms with Crippen LogP contribution < -0.4 is 0 Å². The van der Waals surface area contributed by atoms with Gasteiger partial charge in [0.15, 0.2) is 4.90 Å². The average Bonchev–Trinajstić information content (AvgIpc) is 3.71. The van der Waals surface area contributed by atoms with Crippen molar-refractivity contribution in [3.63, 3.8) is 0 Å². The molecule has 0 amide bonds. The molecular formula is C38H27N4OS+. The summed E-state index contributed by atoms with van der Waals surface area (Å²) in [4.78, 5) is 5.87. The summed E-state index contributed by atoms with van der Waals surface area (Å²) in [5.41, 5.74) is 10.6. The van der Waals surface area contributed by atoms with Gasteiger partial charge in [0.05, 0.1) is 33.1 Å². The van der Waals surface area contributed by atoms with Crippen LogP contribution in [0.15, 0.2) is 144 Å². The third-order valence-electron chi connectivity index (χ3n) is 8.63. The van der Waals surface area contributed by atoms with Crippen molar-refractivity contribution in [3.05, 3.63) is 145 Å². The van der Waals surface area contributed by atoms with E-state index in [2.05, 4.69) is 106 Å². The maximum absolute atomic E-state index is 14.0. The van der Waals surface area contributed by atoms with Crippen molar-refractivity contribution < 1.29 is 4.21 Å². The second-order valence-corrected chi connectivity index (χ2v) is 12.7. The summed E-state index contributed by atoms with van der Waals surface area (Å²) in [6, 6.07) is 48.1. The molecule has 44 heavy (non-hydrogen) atoms. The van der Waals surface area contributed by atoms with Gasteiger partial charge in [0, 0.05) is 16.5 Å². The van der Waals surface area contributed by atoms with Gasteiger partial charge >= 0.3 is 0 Å². The number of aryl methyl sites for hydroxylation is 1. The quantitative estimate of drug-likeness (QED) is 0.152. The summed E-state index contributed by atoms with van der Waals surface area (Å²) >= 11 is 0. The Morgan fingerprint density at radius 1 is 0.568 bits per heavy atom. The lowest BCUT2D eigenvalue weighted by Crippen LogP contribution is -2.03. The maximum atomic E-state index is 14.0. The van der Waals surface area contributed by atoms with Crippen molar-refractivity contribution in [3.8, 4) is 16.8 Å². The van der Waals surface area contributed by atoms with Crippen LogP contribution in [0.5, 0.6) is 0 Å². The Kier molecular flexibility index (Phi) is 5.43. The smallest absolute Gasteiger partial charge is 0.220 e. The zero-order valence-corrected chi connectivity index (χ0v) is 24.8. The van der Waals surface area contributed by atoms with Crippen LogP contribution in [0, 0.1) is 6.92 Å². The number of hydrogen-bond acceptors (Lipinski definition) is 2. The van der Waals surface area contributed by atoms with E-state index in [1.54, 1.807) is 0 Å². The van der Waals surface area contributed by atoms with E-state index in [-0.39, 0.29) is 0 Å². The molecule has 3 heterocycles. The number of thiol groups is 1. The van der Waals surface area contributed by atoms with Crippen LogP contribution in [0.4, 0.5) is 0 Å². The van der Waals surface area contributed by atoms with E-state index in [0.29, 0.717) is 0 Å². The van der Waals surface area contributed by atoms with Crippen LogP contribution in [-0.2, 0) is 15.2 Å². The lowest BCUT2D eigenvalue weighted by molar-refractivity contribution is 0.592. The molecule has 9 rings (SSSR count). The molecule has 0 spiro atoms. The van der Waals surface area contributed by atoms with E-state index in [9.17, 15) is 4.21 Å². The van der Waals surface area contributed by atoms with Gasteiger partial charge in [-0.3, -0.25) is 8.97 Å². The zero-order chi connectivity index (χ0) is 29.4. The highest BCUT2D eigenvalue weighted by molar-refractivity contribution is 7.83. The fourth-order valence-corrected chi connectivity index (χ4v) is 7.90. The SMILES string of the molecule is Cc1ccc([SH+](=O)n2c3ccccc3c3cc(-c4ccc5c(c4)n4c6ccccc6nc4n5-c4ccccc4)ccc32)cc1. The molecule has 0 aliphatic heterocycles. The van der Waals surface area contributed by atoms with Gasteiger partial charge in [-0.25, -0.2) is 4.98 Å². The molecule has 0 saturated heterocycles. The number of para-hydroxylation sites is 4. The van der Waals surface area contributed by atoms with Crippen molar-refractivity contribution in [1.82, 2.24) is 17.9 Å². The van der Waals surface area contributed by atoms with Gasteiger partial charge in [0.25, 0.3) is 0 Å². The van der Waals surface area contributed by atoms with Crippen molar-refractivity contribution >= 4 is 60.6 Å². The van der Waals surface area contributed by atoms with Crippen molar-refractivity contribution in [1.29, 1.82) is 0 Å². The standard InChI is InChI=1S/C38H26N4OS/c1-25-15-19-29(20-16-25)44(43)42-33-13-7-5-11-30(33)31-23-26(17-21-34(31)42)27-18-22-36-37(24-27)41-35-14-8-6-12-32(35)39-38(41)40(36)28-9-3-2-4-10-28/h2-24H,1H3/p+1. The minimum atomic E-state index is -1.83. The van der Waals surface area contributed by atoms with Crippen LogP contribution in [-0.4, -0.2) is 17.9 Å². The second-order valence-electron chi connectivity index (χ2n) is 11.3. The molecular weight excluding hydrogens is 561 g/mol. The number of nitrogens with zero attached hydrogens (tertiary/aromatic N) is 4. The monoisotopic (exact) mass is 587 g/mol. The Balaban J connectivity index is 1.27. The highest BCUT2D eigenvalue weighted by atomic mass is 32.2. The minimum absolute atomic E-state index is 0.822. The second kappa shape index (κ2) is 9.53. The zero-order valence-electron chi connectivity index (χ0n) is 23.9. The first-order chi connectivity index (χ1) is 21.7. The van der Waals surface area contributed by atoms with Gasteiger partial charge in [-0.1, -0.05) is 82.6 Å². The fourth-order valence-electron chi connectivity index (χ4n) is 6.53. The Morgan fingerprint density at radius 3 is 2.05 bits per heavy atom. The molecule has 0 aliphatic rings. The van der Waals surface area contributed by atoms with Crippen LogP contribution in [0.2, 0.25) is 0 Å². The van der Waals surface area contributed by atoms with Crippen LogP contribution >= 0.6 is 0 Å². The summed E-state index contributed by atoms with van der Waals surface area (Å²) in [5, 5.41) is 2.19. The molecule has 6 heteroatoms. The molecule has 210 valence electrons. The van der Waals surface area contributed by atoms with E-state index in [4.69, 9.17) is 4.98 Å². The summed E-state index contributed by atoms with van der Waals surface area (Å²) in [6.07, 6.45) is 0. The first kappa shape index (κ1) is 25.1. The lowest BCUT2D eigenvalue weighted by Gasteiger charge is -2.07. The average molecular weight is 588 g/mol. The van der Waals surface area contributed by atoms with Gasteiger partial charge < -0.3 is 0 Å². The summed E-state index contributed by atoms with van der Waals surface area (Å²) in [5.74, 6) is 0.892. The molecule has 3 aromatic heterocycles. The predicted molar refractivity (Wildman–Crippen MR) is 182 cm³/mol. The Hall–Kier alpha value is -5.46. The van der Waals surface area contributed by atoms with E-state index >= 15 is 0 Å². The van der Waals surface area contributed by atoms with Crippen molar-refractivity contribution in [2.75, 3.05) is 0 Å². The Labute approximate surface area is 255 Å². The van der Waals surface area contributed by atoms with E-state index in [1.807, 2.05) is 53.4 Å². The number of aromatic nitrogens is 4. The van der Waals surface area contributed by atoms with E-state index in [1.165, 1.54) is 0 Å². The molecule has 0 fully saturated rings. The summed E-state index contributed by atoms with van der Waals surface area (Å²) in [7, 11) is -1.83. The Bertz CT molecular complexity index is 2570. The van der Waals surface area contributed by atoms with Crippen LogP contribution in [0.3, 0.4) is 0 Å². The first-order valence-corrected chi connectivity index (χ1v) is 15.9. The molecule has 0 aliphatic carbocycles. The molecule has 1 atom stereocenters. The molecule has 0 bridgehead atoms. The summed E-state index contributed by atoms with van der Waals surface area (Å²) < 4.78 is 20.5. The minimum Gasteiger partial charge on any atom is -0.278 e. The normalized spacial score (nSPS) is 12.7. The van der Waals surface area contributed by atoms with Gasteiger partial charge in [-0.15, -0.1) is 0 Å². The summed E-state index contributed by atoms with van der Waals surface area (Å²) in [6.45, 7) is 2.05. The van der Waals surface area contributed by atoms with Gasteiger partial charge in [-0.05, 0) is 84.8 Å². The molecule has 1 unspecified atom stereocenters. The van der Waals surface area contributed by atoms with E-state index < -0.39 is 11.0 Å². The number of benzene rings is 6.